The molecule has 0 atom stereocenters. The summed E-state index contributed by atoms with van der Waals surface area (Å²) < 4.78 is 27.1. The van der Waals surface area contributed by atoms with E-state index in [4.69, 9.17) is 0 Å². The lowest BCUT2D eigenvalue weighted by molar-refractivity contribution is 0.0946. The van der Waals surface area contributed by atoms with E-state index in [0.29, 0.717) is 11.3 Å². The Morgan fingerprint density at radius 1 is 1.00 bits per heavy atom. The zero-order chi connectivity index (χ0) is 20.4. The summed E-state index contributed by atoms with van der Waals surface area (Å²) in [5.74, 6) is -2.19. The molecule has 2 heterocycles. The van der Waals surface area contributed by atoms with Crippen LogP contribution < -0.4 is 10.6 Å². The number of nitrogens with zero attached hydrogens (tertiary/aromatic N) is 2. The number of hydrogen-bond acceptors (Lipinski definition) is 4. The van der Waals surface area contributed by atoms with Gasteiger partial charge in [-0.25, -0.2) is 8.78 Å². The maximum atomic E-state index is 14.0. The molecule has 1 saturated carbocycles. The molecular formula is C21H16F2N4O2. The molecule has 8 heteroatoms. The number of nitrogens with one attached hydrogen (secondary N) is 2. The van der Waals surface area contributed by atoms with Crippen LogP contribution in [0, 0.1) is 11.6 Å². The summed E-state index contributed by atoms with van der Waals surface area (Å²) in [7, 11) is 0. The van der Waals surface area contributed by atoms with E-state index in [9.17, 15) is 18.4 Å². The molecule has 2 N–H and O–H groups in total. The van der Waals surface area contributed by atoms with E-state index in [1.54, 1.807) is 0 Å². The van der Waals surface area contributed by atoms with E-state index in [1.807, 2.05) is 0 Å². The first-order chi connectivity index (χ1) is 14.0. The van der Waals surface area contributed by atoms with Gasteiger partial charge in [0, 0.05) is 41.2 Å². The van der Waals surface area contributed by atoms with E-state index in [1.165, 1.54) is 42.9 Å². The number of carbonyl (C=O) groups excluding carboxylic acids is 2. The summed E-state index contributed by atoms with van der Waals surface area (Å²) in [6, 6.07) is 7.84. The van der Waals surface area contributed by atoms with Crippen molar-refractivity contribution in [3.8, 4) is 11.1 Å². The van der Waals surface area contributed by atoms with Crippen molar-refractivity contribution in [2.75, 3.05) is 5.32 Å². The summed E-state index contributed by atoms with van der Waals surface area (Å²) in [4.78, 5) is 32.7. The molecule has 1 aliphatic rings. The number of halogens is 2. The Labute approximate surface area is 165 Å². The molecule has 2 amide bonds. The predicted octanol–water partition coefficient (Wildman–Crippen LogP) is 3.57. The van der Waals surface area contributed by atoms with E-state index < -0.39 is 17.5 Å². The normalized spacial score (nSPS) is 13.0. The highest BCUT2D eigenvalue weighted by atomic mass is 19.1. The van der Waals surface area contributed by atoms with Gasteiger partial charge in [-0.05, 0) is 43.2 Å². The number of benzene rings is 1. The number of aromatic nitrogens is 2. The molecule has 2 aromatic heterocycles. The van der Waals surface area contributed by atoms with Crippen LogP contribution in [0.25, 0.3) is 11.1 Å². The quantitative estimate of drug-likeness (QED) is 0.693. The van der Waals surface area contributed by atoms with E-state index >= 15 is 0 Å². The van der Waals surface area contributed by atoms with E-state index in [2.05, 4.69) is 20.6 Å². The maximum absolute atomic E-state index is 14.0. The first kappa shape index (κ1) is 18.7. The number of pyridine rings is 2. The minimum absolute atomic E-state index is 0.157. The fourth-order valence-corrected chi connectivity index (χ4v) is 2.77. The van der Waals surface area contributed by atoms with Gasteiger partial charge in [-0.2, -0.15) is 0 Å². The lowest BCUT2D eigenvalue weighted by Crippen LogP contribution is -2.26. The van der Waals surface area contributed by atoms with Crippen molar-refractivity contribution in [2.45, 2.75) is 18.9 Å². The molecule has 0 spiro atoms. The van der Waals surface area contributed by atoms with Gasteiger partial charge >= 0.3 is 0 Å². The Hall–Kier alpha value is -3.68. The van der Waals surface area contributed by atoms with Crippen LogP contribution >= 0.6 is 0 Å². The second-order valence-corrected chi connectivity index (χ2v) is 6.72. The average Bonchev–Trinajstić information content (AvgIpc) is 3.52. The van der Waals surface area contributed by atoms with Crippen LogP contribution in [0.15, 0.2) is 55.0 Å². The molecule has 1 aromatic carbocycles. The smallest absolute Gasteiger partial charge is 0.270 e. The lowest BCUT2D eigenvalue weighted by Gasteiger charge is -2.09. The van der Waals surface area contributed by atoms with Crippen LogP contribution in [0.2, 0.25) is 0 Å². The van der Waals surface area contributed by atoms with Gasteiger partial charge in [-0.3, -0.25) is 19.6 Å². The van der Waals surface area contributed by atoms with Gasteiger partial charge in [-0.1, -0.05) is 0 Å². The largest absolute Gasteiger partial charge is 0.348 e. The van der Waals surface area contributed by atoms with Gasteiger partial charge in [0.2, 0.25) is 0 Å². The molecule has 4 rings (SSSR count). The van der Waals surface area contributed by atoms with Crippen LogP contribution in [0.3, 0.4) is 0 Å². The highest BCUT2D eigenvalue weighted by Gasteiger charge is 2.24. The van der Waals surface area contributed by atoms with Crippen molar-refractivity contribution in [3.63, 3.8) is 0 Å². The fraction of sp³-hybridized carbons (Fsp3) is 0.143. The zero-order valence-corrected chi connectivity index (χ0v) is 15.2. The highest BCUT2D eigenvalue weighted by molar-refractivity contribution is 6.05. The van der Waals surface area contributed by atoms with Crippen molar-refractivity contribution >= 4 is 17.5 Å². The lowest BCUT2D eigenvalue weighted by atomic mass is 10.1. The molecule has 0 bridgehead atoms. The molecule has 1 fully saturated rings. The number of amides is 2. The van der Waals surface area contributed by atoms with Crippen LogP contribution in [-0.2, 0) is 0 Å². The van der Waals surface area contributed by atoms with Crippen molar-refractivity contribution in [1.29, 1.82) is 0 Å². The Morgan fingerprint density at radius 2 is 1.83 bits per heavy atom. The second kappa shape index (κ2) is 7.75. The standard InChI is InChI=1S/C21H16F2N4O2/c22-14-1-4-17(18(23)9-14)13-7-16(11-24-10-13)27-20(28)12-5-6-25-19(8-12)21(29)26-15-2-3-15/h1,4-11,15H,2-3H2,(H,26,29)(H,27,28). The second-order valence-electron chi connectivity index (χ2n) is 6.72. The van der Waals surface area contributed by atoms with Crippen LogP contribution in [0.4, 0.5) is 14.5 Å². The summed E-state index contributed by atoms with van der Waals surface area (Å²) >= 11 is 0. The monoisotopic (exact) mass is 394 g/mol. The number of rotatable bonds is 5. The SMILES string of the molecule is O=C(Nc1cncc(-c2ccc(F)cc2F)c1)c1ccnc(C(=O)NC2CC2)c1. The zero-order valence-electron chi connectivity index (χ0n) is 15.2. The first-order valence-electron chi connectivity index (χ1n) is 8.98. The van der Waals surface area contributed by atoms with E-state index in [0.717, 1.165) is 25.0 Å². The third-order valence-electron chi connectivity index (χ3n) is 4.41. The van der Waals surface area contributed by atoms with Gasteiger partial charge < -0.3 is 10.6 Å². The number of anilines is 1. The van der Waals surface area contributed by atoms with Gasteiger partial charge in [0.05, 0.1) is 11.9 Å². The molecule has 0 aliphatic heterocycles. The topological polar surface area (TPSA) is 84.0 Å². The molecule has 0 saturated heterocycles. The Balaban J connectivity index is 1.52. The average molecular weight is 394 g/mol. The van der Waals surface area contributed by atoms with Crippen LogP contribution in [0.5, 0.6) is 0 Å². The number of hydrogen-bond donors (Lipinski definition) is 2. The molecule has 1 aliphatic carbocycles. The minimum atomic E-state index is -0.726. The third kappa shape index (κ3) is 4.43. The van der Waals surface area contributed by atoms with Crippen LogP contribution in [0.1, 0.15) is 33.7 Å². The van der Waals surface area contributed by atoms with Gasteiger partial charge in [0.25, 0.3) is 11.8 Å². The minimum Gasteiger partial charge on any atom is -0.348 e. The predicted molar refractivity (Wildman–Crippen MR) is 102 cm³/mol. The van der Waals surface area contributed by atoms with Crippen molar-refractivity contribution < 1.29 is 18.4 Å². The summed E-state index contributed by atoms with van der Waals surface area (Å²) in [5.41, 5.74) is 1.29. The Morgan fingerprint density at radius 3 is 2.59 bits per heavy atom. The fourth-order valence-electron chi connectivity index (χ4n) is 2.77. The first-order valence-corrected chi connectivity index (χ1v) is 8.98. The molecule has 6 nitrogen and oxygen atoms in total. The molecule has 0 unspecified atom stereocenters. The summed E-state index contributed by atoms with van der Waals surface area (Å²) in [6.45, 7) is 0. The molecule has 0 radical (unpaired) electrons. The van der Waals surface area contributed by atoms with Crippen LogP contribution in [-0.4, -0.2) is 27.8 Å². The Bertz CT molecular complexity index is 1100. The molecule has 29 heavy (non-hydrogen) atoms. The van der Waals surface area contributed by atoms with Crippen molar-refractivity contribution in [3.05, 3.63) is 77.9 Å². The summed E-state index contributed by atoms with van der Waals surface area (Å²) in [6.07, 6.45) is 6.11. The highest BCUT2D eigenvalue weighted by Crippen LogP contribution is 2.25. The van der Waals surface area contributed by atoms with E-state index in [-0.39, 0.29) is 28.8 Å². The van der Waals surface area contributed by atoms with Crippen molar-refractivity contribution in [1.82, 2.24) is 15.3 Å². The van der Waals surface area contributed by atoms with Gasteiger partial charge in [0.1, 0.15) is 17.3 Å². The molecule has 146 valence electrons. The molecular weight excluding hydrogens is 378 g/mol. The third-order valence-corrected chi connectivity index (χ3v) is 4.41. The number of carbonyl (C=O) groups is 2. The maximum Gasteiger partial charge on any atom is 0.270 e. The van der Waals surface area contributed by atoms with Crippen molar-refractivity contribution in [2.24, 2.45) is 0 Å². The Kier molecular flexibility index (Phi) is 4.99. The van der Waals surface area contributed by atoms with Gasteiger partial charge in [0.15, 0.2) is 0 Å². The molecule has 3 aromatic rings. The van der Waals surface area contributed by atoms with Gasteiger partial charge in [-0.15, -0.1) is 0 Å². The summed E-state index contributed by atoms with van der Waals surface area (Å²) in [5, 5.41) is 5.48.